The number of rotatable bonds is 7. The van der Waals surface area contributed by atoms with Crippen molar-refractivity contribution in [1.82, 2.24) is 4.90 Å². The number of aliphatic carboxylic acids is 1. The van der Waals surface area contributed by atoms with Crippen molar-refractivity contribution in [3.05, 3.63) is 35.4 Å². The lowest BCUT2D eigenvalue weighted by atomic mass is 10.00. The van der Waals surface area contributed by atoms with Crippen LogP contribution in [0.3, 0.4) is 0 Å². The minimum Gasteiger partial charge on any atom is -0.480 e. The maximum Gasteiger partial charge on any atom is 0.320 e. The van der Waals surface area contributed by atoms with Crippen molar-refractivity contribution in [3.63, 3.8) is 0 Å². The summed E-state index contributed by atoms with van der Waals surface area (Å²) in [4.78, 5) is 13.1. The van der Waals surface area contributed by atoms with Crippen LogP contribution in [0.15, 0.2) is 24.3 Å². The van der Waals surface area contributed by atoms with Crippen molar-refractivity contribution >= 4 is 5.97 Å². The summed E-state index contributed by atoms with van der Waals surface area (Å²) in [6.45, 7) is 7.05. The molecule has 100 valence electrons. The van der Waals surface area contributed by atoms with E-state index in [9.17, 15) is 4.79 Å². The molecule has 1 unspecified atom stereocenters. The van der Waals surface area contributed by atoms with Gasteiger partial charge in [-0.25, -0.2) is 0 Å². The van der Waals surface area contributed by atoms with E-state index in [1.165, 1.54) is 0 Å². The Hall–Kier alpha value is -1.39. The maximum absolute atomic E-state index is 10.8. The number of nitrogens with two attached hydrogens (primary N) is 1. The predicted molar refractivity (Wildman–Crippen MR) is 72.4 cm³/mol. The summed E-state index contributed by atoms with van der Waals surface area (Å²) in [7, 11) is 0. The molecule has 1 atom stereocenters. The minimum absolute atomic E-state index is 0.382. The van der Waals surface area contributed by atoms with E-state index >= 15 is 0 Å². The zero-order chi connectivity index (χ0) is 13.5. The van der Waals surface area contributed by atoms with Crippen molar-refractivity contribution in [3.8, 4) is 0 Å². The standard InChI is InChI=1S/C14H22N2O2/c1-3-16(4-2)10-12-8-6-5-7-11(12)9-13(15)14(17)18/h5-8,13H,3-4,9-10,15H2,1-2H3,(H,17,18). The summed E-state index contributed by atoms with van der Waals surface area (Å²) in [5.74, 6) is -0.951. The number of hydrogen-bond donors (Lipinski definition) is 2. The van der Waals surface area contributed by atoms with Crippen molar-refractivity contribution in [2.75, 3.05) is 13.1 Å². The van der Waals surface area contributed by atoms with Gasteiger partial charge in [-0.3, -0.25) is 9.69 Å². The van der Waals surface area contributed by atoms with Crippen LogP contribution in [-0.2, 0) is 17.8 Å². The van der Waals surface area contributed by atoms with Gasteiger partial charge in [0.25, 0.3) is 0 Å². The summed E-state index contributed by atoms with van der Waals surface area (Å²) in [6, 6.07) is 7.08. The molecule has 0 saturated carbocycles. The molecule has 0 heterocycles. The van der Waals surface area contributed by atoms with Gasteiger partial charge < -0.3 is 10.8 Å². The van der Waals surface area contributed by atoms with Gasteiger partial charge >= 0.3 is 5.97 Å². The fourth-order valence-corrected chi connectivity index (χ4v) is 1.92. The second-order valence-corrected chi connectivity index (χ2v) is 4.38. The molecule has 0 spiro atoms. The van der Waals surface area contributed by atoms with Gasteiger partial charge in [-0.2, -0.15) is 0 Å². The first-order valence-electron chi connectivity index (χ1n) is 6.36. The normalized spacial score (nSPS) is 12.7. The highest BCUT2D eigenvalue weighted by Gasteiger charge is 2.14. The molecule has 0 aliphatic carbocycles. The lowest BCUT2D eigenvalue weighted by Crippen LogP contribution is -2.33. The van der Waals surface area contributed by atoms with E-state index in [0.717, 1.165) is 30.8 Å². The molecule has 0 aliphatic heterocycles. The van der Waals surface area contributed by atoms with Gasteiger partial charge in [0.1, 0.15) is 6.04 Å². The van der Waals surface area contributed by atoms with Crippen LogP contribution >= 0.6 is 0 Å². The number of benzene rings is 1. The summed E-state index contributed by atoms with van der Waals surface area (Å²) >= 11 is 0. The van der Waals surface area contributed by atoms with Crippen LogP contribution < -0.4 is 5.73 Å². The molecule has 1 aromatic carbocycles. The summed E-state index contributed by atoms with van der Waals surface area (Å²) in [6.07, 6.45) is 0.382. The molecule has 1 aromatic rings. The Morgan fingerprint density at radius 3 is 2.33 bits per heavy atom. The van der Waals surface area contributed by atoms with Gasteiger partial charge in [0.2, 0.25) is 0 Å². The molecule has 4 nitrogen and oxygen atoms in total. The molecule has 0 saturated heterocycles. The molecule has 18 heavy (non-hydrogen) atoms. The van der Waals surface area contributed by atoms with Gasteiger partial charge in [0.15, 0.2) is 0 Å². The zero-order valence-corrected chi connectivity index (χ0v) is 11.1. The summed E-state index contributed by atoms with van der Waals surface area (Å²) in [5, 5.41) is 8.87. The quantitative estimate of drug-likeness (QED) is 0.769. The lowest BCUT2D eigenvalue weighted by molar-refractivity contribution is -0.138. The molecule has 1 rings (SSSR count). The molecule has 0 radical (unpaired) electrons. The van der Waals surface area contributed by atoms with E-state index in [-0.39, 0.29) is 0 Å². The molecule has 0 amide bonds. The zero-order valence-electron chi connectivity index (χ0n) is 11.1. The summed E-state index contributed by atoms with van der Waals surface area (Å²) < 4.78 is 0. The van der Waals surface area contributed by atoms with Crippen LogP contribution in [-0.4, -0.2) is 35.1 Å². The van der Waals surface area contributed by atoms with Crippen LogP contribution in [0.4, 0.5) is 0 Å². The second-order valence-electron chi connectivity index (χ2n) is 4.38. The molecule has 0 fully saturated rings. The first-order valence-corrected chi connectivity index (χ1v) is 6.36. The highest BCUT2D eigenvalue weighted by Crippen LogP contribution is 2.13. The highest BCUT2D eigenvalue weighted by molar-refractivity contribution is 5.73. The van der Waals surface area contributed by atoms with Crippen LogP contribution in [0, 0.1) is 0 Å². The van der Waals surface area contributed by atoms with E-state index < -0.39 is 12.0 Å². The van der Waals surface area contributed by atoms with E-state index in [0.29, 0.717) is 6.42 Å². The Morgan fingerprint density at radius 2 is 1.83 bits per heavy atom. The molecule has 0 aliphatic rings. The van der Waals surface area contributed by atoms with Gasteiger partial charge in [-0.05, 0) is 30.6 Å². The third-order valence-electron chi connectivity index (χ3n) is 3.16. The fraction of sp³-hybridized carbons (Fsp3) is 0.500. The van der Waals surface area contributed by atoms with Crippen LogP contribution in [0.1, 0.15) is 25.0 Å². The second kappa shape index (κ2) is 7.13. The topological polar surface area (TPSA) is 66.6 Å². The third-order valence-corrected chi connectivity index (χ3v) is 3.16. The van der Waals surface area contributed by atoms with E-state index in [2.05, 4.69) is 18.7 Å². The van der Waals surface area contributed by atoms with Gasteiger partial charge in [0.05, 0.1) is 0 Å². The highest BCUT2D eigenvalue weighted by atomic mass is 16.4. The first kappa shape index (κ1) is 14.7. The average Bonchev–Trinajstić information content (AvgIpc) is 2.37. The van der Waals surface area contributed by atoms with E-state index in [1.54, 1.807) is 0 Å². The molecular formula is C14H22N2O2. The Morgan fingerprint density at radius 1 is 1.28 bits per heavy atom. The van der Waals surface area contributed by atoms with Crippen LogP contribution in [0.25, 0.3) is 0 Å². The maximum atomic E-state index is 10.8. The van der Waals surface area contributed by atoms with Crippen molar-refractivity contribution in [2.45, 2.75) is 32.9 Å². The van der Waals surface area contributed by atoms with Crippen molar-refractivity contribution in [2.24, 2.45) is 5.73 Å². The predicted octanol–water partition coefficient (Wildman–Crippen LogP) is 1.48. The number of nitrogens with zero attached hydrogens (tertiary/aromatic N) is 1. The molecule has 3 N–H and O–H groups in total. The largest absolute Gasteiger partial charge is 0.480 e. The van der Waals surface area contributed by atoms with E-state index in [4.69, 9.17) is 10.8 Å². The fourth-order valence-electron chi connectivity index (χ4n) is 1.92. The van der Waals surface area contributed by atoms with Crippen LogP contribution in [0.2, 0.25) is 0 Å². The van der Waals surface area contributed by atoms with Crippen molar-refractivity contribution in [1.29, 1.82) is 0 Å². The Balaban J connectivity index is 2.82. The Bertz CT molecular complexity index is 389. The van der Waals surface area contributed by atoms with Gasteiger partial charge in [0, 0.05) is 6.54 Å². The SMILES string of the molecule is CCN(CC)Cc1ccccc1CC(N)C(=O)O. The average molecular weight is 250 g/mol. The molecule has 0 aromatic heterocycles. The molecular weight excluding hydrogens is 228 g/mol. The van der Waals surface area contributed by atoms with E-state index in [1.807, 2.05) is 24.3 Å². The smallest absolute Gasteiger partial charge is 0.320 e. The van der Waals surface area contributed by atoms with Gasteiger partial charge in [-0.1, -0.05) is 38.1 Å². The van der Waals surface area contributed by atoms with Crippen molar-refractivity contribution < 1.29 is 9.90 Å². The minimum atomic E-state index is -0.951. The Labute approximate surface area is 108 Å². The summed E-state index contributed by atoms with van der Waals surface area (Å²) in [5.41, 5.74) is 7.79. The number of carboxylic acid groups (broad SMARTS) is 1. The molecule has 4 heteroatoms. The number of hydrogen-bond acceptors (Lipinski definition) is 3. The van der Waals surface area contributed by atoms with Gasteiger partial charge in [-0.15, -0.1) is 0 Å². The third kappa shape index (κ3) is 4.13. The lowest BCUT2D eigenvalue weighted by Gasteiger charge is -2.20. The number of carboxylic acids is 1. The Kier molecular flexibility index (Phi) is 5.82. The monoisotopic (exact) mass is 250 g/mol. The molecule has 0 bridgehead atoms. The van der Waals surface area contributed by atoms with Crippen LogP contribution in [0.5, 0.6) is 0 Å². The number of carbonyl (C=O) groups is 1. The first-order chi connectivity index (χ1) is 8.58.